The molecule has 0 bridgehead atoms. The molecule has 0 amide bonds. The standard InChI is InChI=1S/C21H25.C13H10.C11H17.2ClH.Zr/c1-20(2,3)16-7-9-18-14(12-16)11-15-13-17(21(4,5)6)8-10-19(15)18;1-3-7-12(8-4-1)11-13-9-5-2-6-10-13;1-8-6-9(2)10(7-8)11(3,4)5;;;/h7-10,12H,11H2,1-6H3;1-10H;7-8H,1-5H3;2*1H;/q-1;;-1;;;+2/p-2. The summed E-state index contributed by atoms with van der Waals surface area (Å²) in [5.74, 6) is 0.518. The molecule has 2 aliphatic carbocycles. The predicted molar refractivity (Wildman–Crippen MR) is 196 cm³/mol. The van der Waals surface area contributed by atoms with E-state index in [1.54, 1.807) is 0 Å². The summed E-state index contributed by atoms with van der Waals surface area (Å²) in [5, 5.41) is 0. The predicted octanol–water partition coefficient (Wildman–Crippen LogP) is 5.82. The normalized spacial score (nSPS) is 14.7. The quantitative estimate of drug-likeness (QED) is 0.200. The summed E-state index contributed by atoms with van der Waals surface area (Å²) in [7, 11) is 0. The summed E-state index contributed by atoms with van der Waals surface area (Å²) in [6.45, 7) is 24.7. The Morgan fingerprint density at radius 1 is 0.667 bits per heavy atom. The summed E-state index contributed by atoms with van der Waals surface area (Å²) in [6.07, 6.45) is 6.74. The van der Waals surface area contributed by atoms with Crippen LogP contribution in [0.1, 0.15) is 110 Å². The molecule has 4 aromatic rings. The maximum absolute atomic E-state index is 3.67. The number of hydrogen-bond donors (Lipinski definition) is 0. The molecule has 0 radical (unpaired) electrons. The molecular formula is C45H52Cl2Zr-2. The first-order valence-electron chi connectivity index (χ1n) is 16.7. The molecule has 0 saturated carbocycles. The van der Waals surface area contributed by atoms with Crippen molar-refractivity contribution in [2.75, 3.05) is 0 Å². The van der Waals surface area contributed by atoms with Gasteiger partial charge in [0.1, 0.15) is 0 Å². The third-order valence-electron chi connectivity index (χ3n) is 8.66. The molecule has 3 heteroatoms. The third-order valence-corrected chi connectivity index (χ3v) is 10.1. The number of fused-ring (bicyclic) bond motifs is 3. The number of rotatable bonds is 2. The Balaban J connectivity index is 0.000000260. The summed E-state index contributed by atoms with van der Waals surface area (Å²) in [6, 6.07) is 36.3. The molecule has 0 nitrogen and oxygen atoms in total. The van der Waals surface area contributed by atoms with Crippen LogP contribution in [0.3, 0.4) is 0 Å². The zero-order chi connectivity index (χ0) is 33.9. The van der Waals surface area contributed by atoms with Crippen LogP contribution in [0, 0.1) is 23.5 Å². The summed E-state index contributed by atoms with van der Waals surface area (Å²) < 4.78 is 1.42. The molecule has 0 aliphatic heterocycles. The van der Waals surface area contributed by atoms with Crippen LogP contribution in [-0.4, -0.2) is 3.21 Å². The molecule has 6 rings (SSSR count). The van der Waals surface area contributed by atoms with Gasteiger partial charge in [-0.15, -0.1) is 11.1 Å². The van der Waals surface area contributed by atoms with E-state index >= 15 is 0 Å². The fourth-order valence-corrected chi connectivity index (χ4v) is 6.87. The van der Waals surface area contributed by atoms with Gasteiger partial charge in [-0.2, -0.15) is 35.4 Å². The number of benzene rings is 4. The van der Waals surface area contributed by atoms with E-state index in [-0.39, 0.29) is 35.6 Å². The summed E-state index contributed by atoms with van der Waals surface area (Å²) >= 11 is 1.46. The molecule has 0 saturated heterocycles. The van der Waals surface area contributed by atoms with Gasteiger partial charge in [-0.1, -0.05) is 111 Å². The van der Waals surface area contributed by atoms with Crippen LogP contribution in [0.4, 0.5) is 0 Å². The molecule has 0 aromatic heterocycles. The van der Waals surface area contributed by atoms with Gasteiger partial charge in [-0.05, 0) is 28.4 Å². The van der Waals surface area contributed by atoms with Crippen molar-refractivity contribution in [3.05, 3.63) is 154 Å². The van der Waals surface area contributed by atoms with Crippen LogP contribution in [0.5, 0.6) is 0 Å². The molecule has 2 aliphatic rings. The Morgan fingerprint density at radius 2 is 1.19 bits per heavy atom. The summed E-state index contributed by atoms with van der Waals surface area (Å²) in [5.41, 5.74) is 14.5. The van der Waals surface area contributed by atoms with Gasteiger partial charge in [0.2, 0.25) is 0 Å². The van der Waals surface area contributed by atoms with Gasteiger partial charge in [0.25, 0.3) is 0 Å². The van der Waals surface area contributed by atoms with Crippen LogP contribution in [0.15, 0.2) is 108 Å². The van der Waals surface area contributed by atoms with E-state index in [1.807, 2.05) is 0 Å². The van der Waals surface area contributed by atoms with Gasteiger partial charge < -0.3 is 24.8 Å². The maximum atomic E-state index is 3.67. The number of halogens is 2. The van der Waals surface area contributed by atoms with Gasteiger partial charge in [0, 0.05) is 0 Å². The van der Waals surface area contributed by atoms with Crippen molar-refractivity contribution in [3.8, 4) is 11.1 Å². The van der Waals surface area contributed by atoms with Crippen molar-refractivity contribution < 1.29 is 49.0 Å². The molecule has 1 unspecified atom stereocenters. The average molecular weight is 755 g/mol. The van der Waals surface area contributed by atoms with Crippen molar-refractivity contribution in [1.82, 2.24) is 0 Å². The van der Waals surface area contributed by atoms with E-state index in [0.29, 0.717) is 11.3 Å². The van der Waals surface area contributed by atoms with Crippen molar-refractivity contribution in [2.45, 2.75) is 93.4 Å². The molecule has 0 N–H and O–H groups in total. The molecule has 252 valence electrons. The Hall–Kier alpha value is -2.31. The van der Waals surface area contributed by atoms with Crippen molar-refractivity contribution >= 4 is 3.21 Å². The molecule has 1 atom stereocenters. The Kier molecular flexibility index (Phi) is 14.9. The molecule has 0 heterocycles. The topological polar surface area (TPSA) is 0 Å². The number of hydrogen-bond acceptors (Lipinski definition) is 0. The minimum atomic E-state index is 0. The first kappa shape index (κ1) is 41.9. The fourth-order valence-electron chi connectivity index (χ4n) is 6.05. The molecule has 4 aromatic carbocycles. The molecule has 0 fully saturated rings. The van der Waals surface area contributed by atoms with Crippen LogP contribution in [0.25, 0.3) is 11.1 Å². The van der Waals surface area contributed by atoms with E-state index in [0.717, 1.165) is 6.42 Å². The summed E-state index contributed by atoms with van der Waals surface area (Å²) in [4.78, 5) is 0. The van der Waals surface area contributed by atoms with E-state index in [9.17, 15) is 0 Å². The van der Waals surface area contributed by atoms with Gasteiger partial charge in [0.15, 0.2) is 0 Å². The van der Waals surface area contributed by atoms with Crippen molar-refractivity contribution in [1.29, 1.82) is 0 Å². The zero-order valence-corrected chi connectivity index (χ0v) is 34.7. The second-order valence-corrected chi connectivity index (χ2v) is 17.0. The average Bonchev–Trinajstić information content (AvgIpc) is 3.55. The van der Waals surface area contributed by atoms with Gasteiger partial charge in [-0.25, -0.2) is 5.57 Å². The monoisotopic (exact) mass is 752 g/mol. The first-order valence-corrected chi connectivity index (χ1v) is 17.9. The van der Waals surface area contributed by atoms with Gasteiger partial charge in [-0.3, -0.25) is 6.08 Å². The molecule has 0 spiro atoms. The van der Waals surface area contributed by atoms with Crippen LogP contribution in [-0.2, 0) is 41.5 Å². The molecular weight excluding hydrogens is 703 g/mol. The Labute approximate surface area is 319 Å². The van der Waals surface area contributed by atoms with Crippen LogP contribution >= 0.6 is 0 Å². The second-order valence-electron chi connectivity index (χ2n) is 15.8. The minimum absolute atomic E-state index is 0. The molecule has 48 heavy (non-hydrogen) atoms. The van der Waals surface area contributed by atoms with Gasteiger partial charge in [0.05, 0.1) is 0 Å². The van der Waals surface area contributed by atoms with Crippen LogP contribution in [0.2, 0.25) is 0 Å². The SMILES string of the molecule is CC(C)(C)c1[c-]c2c(cc1)-c1ccc(C(C)(C)C)cc1C2.CC1=[C-]C(C)C=C1C(C)(C)C.[Cl-].[Cl-].[Zr+2]=[C](c1ccccc1)c1ccccc1. The van der Waals surface area contributed by atoms with Gasteiger partial charge >= 0.3 is 99.2 Å². The van der Waals surface area contributed by atoms with E-state index < -0.39 is 0 Å². The zero-order valence-electron chi connectivity index (χ0n) is 30.8. The number of allylic oxidation sites excluding steroid dienone is 4. The van der Waals surface area contributed by atoms with Crippen molar-refractivity contribution in [3.63, 3.8) is 0 Å². The Bertz CT molecular complexity index is 1620. The second kappa shape index (κ2) is 17.1. The van der Waals surface area contributed by atoms with E-state index in [1.165, 1.54) is 83.1 Å². The fraction of sp³-hybridized carbons (Fsp3) is 0.356. The van der Waals surface area contributed by atoms with Crippen molar-refractivity contribution in [2.24, 2.45) is 11.3 Å². The van der Waals surface area contributed by atoms with Crippen LogP contribution < -0.4 is 24.8 Å². The third kappa shape index (κ3) is 10.8. The first-order chi connectivity index (χ1) is 21.4. The van der Waals surface area contributed by atoms with E-state index in [4.69, 9.17) is 0 Å². The Morgan fingerprint density at radius 3 is 1.60 bits per heavy atom. The van der Waals surface area contributed by atoms with E-state index in [2.05, 4.69) is 185 Å².